The van der Waals surface area contributed by atoms with Gasteiger partial charge in [0.15, 0.2) is 11.3 Å². The molecule has 0 N–H and O–H groups in total. The van der Waals surface area contributed by atoms with Gasteiger partial charge in [0, 0.05) is 31.2 Å². The lowest BCUT2D eigenvalue weighted by atomic mass is 10.2. The summed E-state index contributed by atoms with van der Waals surface area (Å²) in [6, 6.07) is 2.14. The maximum Gasteiger partial charge on any atom is 0.332 e. The molecular formula is C14H17N5O2. The molecule has 0 fully saturated rings. The molecule has 0 atom stereocenters. The molecule has 7 nitrogen and oxygen atoms in total. The summed E-state index contributed by atoms with van der Waals surface area (Å²) in [4.78, 5) is 24.5. The van der Waals surface area contributed by atoms with E-state index in [9.17, 15) is 9.59 Å². The maximum atomic E-state index is 12.5. The normalized spacial score (nSPS) is 11.9. The molecule has 0 radical (unpaired) electrons. The number of rotatable bonds is 1. The third kappa shape index (κ3) is 1.66. The van der Waals surface area contributed by atoms with Crippen molar-refractivity contribution in [3.63, 3.8) is 0 Å². The minimum absolute atomic E-state index is 0.214. The Hall–Kier alpha value is -2.44. The number of hydrogen-bond donors (Lipinski definition) is 0. The van der Waals surface area contributed by atoms with E-state index in [0.29, 0.717) is 16.7 Å². The Labute approximate surface area is 120 Å². The van der Waals surface area contributed by atoms with Crippen molar-refractivity contribution >= 4 is 22.1 Å². The van der Waals surface area contributed by atoms with Gasteiger partial charge in [0.25, 0.3) is 5.56 Å². The van der Waals surface area contributed by atoms with Crippen molar-refractivity contribution in [2.24, 2.45) is 14.1 Å². The molecule has 0 aliphatic heterocycles. The van der Waals surface area contributed by atoms with Crippen molar-refractivity contribution in [1.82, 2.24) is 23.9 Å². The molecule has 0 saturated carbocycles. The third-order valence-corrected chi connectivity index (χ3v) is 3.86. The molecule has 0 saturated heterocycles. The highest BCUT2D eigenvalue weighted by atomic mass is 16.2. The molecule has 0 spiro atoms. The number of aryl methyl sites for hydroxylation is 2. The summed E-state index contributed by atoms with van der Waals surface area (Å²) in [6.07, 6.45) is 0. The molecule has 21 heavy (non-hydrogen) atoms. The van der Waals surface area contributed by atoms with Gasteiger partial charge in [-0.25, -0.2) is 4.79 Å². The van der Waals surface area contributed by atoms with Crippen LogP contribution in [0.4, 0.5) is 0 Å². The molecule has 0 aliphatic rings. The molecule has 3 aromatic rings. The quantitative estimate of drug-likeness (QED) is 0.665. The highest BCUT2D eigenvalue weighted by molar-refractivity contribution is 6.01. The average Bonchev–Trinajstić information content (AvgIpc) is 2.77. The van der Waals surface area contributed by atoms with Crippen LogP contribution in [0.25, 0.3) is 22.1 Å². The molecule has 7 heteroatoms. The Balaban J connectivity index is 2.66. The van der Waals surface area contributed by atoms with E-state index in [1.54, 1.807) is 7.05 Å². The van der Waals surface area contributed by atoms with Crippen molar-refractivity contribution in [2.45, 2.75) is 26.8 Å². The van der Waals surface area contributed by atoms with Crippen LogP contribution in [-0.2, 0) is 14.1 Å². The Morgan fingerprint density at radius 2 is 1.67 bits per heavy atom. The molecule has 3 aromatic heterocycles. The van der Waals surface area contributed by atoms with Crippen LogP contribution in [0.3, 0.4) is 0 Å². The zero-order valence-corrected chi connectivity index (χ0v) is 12.7. The Morgan fingerprint density at radius 3 is 2.29 bits per heavy atom. The van der Waals surface area contributed by atoms with E-state index in [4.69, 9.17) is 0 Å². The van der Waals surface area contributed by atoms with Gasteiger partial charge in [-0.15, -0.1) is 10.2 Å². The second-order valence-corrected chi connectivity index (χ2v) is 5.59. The van der Waals surface area contributed by atoms with Crippen molar-refractivity contribution in [3.8, 4) is 0 Å². The molecule has 0 aliphatic carbocycles. The van der Waals surface area contributed by atoms with Gasteiger partial charge in [-0.05, 0) is 26.8 Å². The topological polar surface area (TPSA) is 74.7 Å². The largest absolute Gasteiger partial charge is 0.332 e. The first kappa shape index (κ1) is 13.5. The van der Waals surface area contributed by atoms with Crippen molar-refractivity contribution in [1.29, 1.82) is 0 Å². The molecule has 110 valence electrons. The predicted octanol–water partition coefficient (Wildman–Crippen LogP) is 0.871. The minimum atomic E-state index is -0.402. The first-order valence-electron chi connectivity index (χ1n) is 6.78. The van der Waals surface area contributed by atoms with Crippen LogP contribution in [0.15, 0.2) is 15.7 Å². The molecule has 3 heterocycles. The standard InChI is InChI=1S/C14H17N5O2/c1-7(2)19-8(3)6-9-10-12(16-15-11(9)19)17(4)14(21)18(5)13(10)20/h6-7H,1-5H3. The van der Waals surface area contributed by atoms with Crippen LogP contribution in [0, 0.1) is 6.92 Å². The summed E-state index contributed by atoms with van der Waals surface area (Å²) in [7, 11) is 3.07. The summed E-state index contributed by atoms with van der Waals surface area (Å²) in [6.45, 7) is 6.08. The monoisotopic (exact) mass is 287 g/mol. The summed E-state index contributed by atoms with van der Waals surface area (Å²) >= 11 is 0. The van der Waals surface area contributed by atoms with Gasteiger partial charge < -0.3 is 4.57 Å². The van der Waals surface area contributed by atoms with Crippen LogP contribution in [0.5, 0.6) is 0 Å². The van der Waals surface area contributed by atoms with Crippen LogP contribution < -0.4 is 11.2 Å². The molecule has 3 rings (SSSR count). The maximum absolute atomic E-state index is 12.5. The lowest BCUT2D eigenvalue weighted by molar-refractivity contribution is 0.600. The second-order valence-electron chi connectivity index (χ2n) is 5.59. The summed E-state index contributed by atoms with van der Waals surface area (Å²) < 4.78 is 4.49. The van der Waals surface area contributed by atoms with Crippen molar-refractivity contribution in [2.75, 3.05) is 0 Å². The van der Waals surface area contributed by atoms with E-state index < -0.39 is 5.69 Å². The number of hydrogen-bond acceptors (Lipinski definition) is 4. The predicted molar refractivity (Wildman–Crippen MR) is 80.6 cm³/mol. The molecule has 0 amide bonds. The Kier molecular flexibility index (Phi) is 2.76. The average molecular weight is 287 g/mol. The Bertz CT molecular complexity index is 991. The summed E-state index contributed by atoms with van der Waals surface area (Å²) in [5.41, 5.74) is 1.26. The van der Waals surface area contributed by atoms with Gasteiger partial charge >= 0.3 is 5.69 Å². The zero-order valence-electron chi connectivity index (χ0n) is 12.7. The van der Waals surface area contributed by atoms with E-state index in [1.165, 1.54) is 11.6 Å². The molecule has 0 bridgehead atoms. The first-order valence-corrected chi connectivity index (χ1v) is 6.78. The van der Waals surface area contributed by atoms with Crippen LogP contribution in [0.1, 0.15) is 25.6 Å². The minimum Gasteiger partial charge on any atom is -0.326 e. The van der Waals surface area contributed by atoms with Gasteiger partial charge in [0.1, 0.15) is 0 Å². The summed E-state index contributed by atoms with van der Waals surface area (Å²) in [5.74, 6) is 0. The number of fused-ring (bicyclic) bond motifs is 3. The van der Waals surface area contributed by atoms with E-state index in [1.807, 2.05) is 17.6 Å². The number of nitrogens with zero attached hydrogens (tertiary/aromatic N) is 5. The van der Waals surface area contributed by atoms with Gasteiger partial charge in [-0.2, -0.15) is 0 Å². The molecular weight excluding hydrogens is 270 g/mol. The van der Waals surface area contributed by atoms with Gasteiger partial charge in [0.05, 0.1) is 5.39 Å². The smallest absolute Gasteiger partial charge is 0.326 e. The van der Waals surface area contributed by atoms with Gasteiger partial charge in [-0.1, -0.05) is 0 Å². The Morgan fingerprint density at radius 1 is 1.05 bits per heavy atom. The lowest BCUT2D eigenvalue weighted by Gasteiger charge is -2.11. The van der Waals surface area contributed by atoms with Gasteiger partial charge in [-0.3, -0.25) is 13.9 Å². The first-order chi connectivity index (χ1) is 9.84. The highest BCUT2D eigenvalue weighted by Crippen LogP contribution is 2.25. The fourth-order valence-corrected chi connectivity index (χ4v) is 2.86. The second kappa shape index (κ2) is 4.28. The van der Waals surface area contributed by atoms with E-state index in [0.717, 1.165) is 15.6 Å². The van der Waals surface area contributed by atoms with Gasteiger partial charge in [0.2, 0.25) is 0 Å². The lowest BCUT2D eigenvalue weighted by Crippen LogP contribution is -2.37. The molecule has 0 aromatic carbocycles. The zero-order chi connectivity index (χ0) is 15.5. The van der Waals surface area contributed by atoms with Crippen LogP contribution in [-0.4, -0.2) is 23.9 Å². The highest BCUT2D eigenvalue weighted by Gasteiger charge is 2.18. The third-order valence-electron chi connectivity index (χ3n) is 3.86. The van der Waals surface area contributed by atoms with E-state index in [-0.39, 0.29) is 11.6 Å². The fraction of sp³-hybridized carbons (Fsp3) is 0.429. The fourth-order valence-electron chi connectivity index (χ4n) is 2.86. The number of aromatic nitrogens is 5. The van der Waals surface area contributed by atoms with E-state index >= 15 is 0 Å². The van der Waals surface area contributed by atoms with Crippen LogP contribution >= 0.6 is 0 Å². The van der Waals surface area contributed by atoms with E-state index in [2.05, 4.69) is 24.0 Å². The van der Waals surface area contributed by atoms with Crippen LogP contribution in [0.2, 0.25) is 0 Å². The molecule has 0 unspecified atom stereocenters. The SMILES string of the molecule is Cc1cc2c3c(=O)n(C)c(=O)n(C)c3nnc2n1C(C)C. The van der Waals surface area contributed by atoms with Crippen molar-refractivity contribution in [3.05, 3.63) is 32.6 Å². The summed E-state index contributed by atoms with van der Waals surface area (Å²) in [5, 5.41) is 9.51. The van der Waals surface area contributed by atoms with Crippen molar-refractivity contribution < 1.29 is 0 Å².